The fourth-order valence-electron chi connectivity index (χ4n) is 4.24. The van der Waals surface area contributed by atoms with Gasteiger partial charge in [0.2, 0.25) is 0 Å². The van der Waals surface area contributed by atoms with Gasteiger partial charge in [-0.25, -0.2) is 18.1 Å². The van der Waals surface area contributed by atoms with E-state index >= 15 is 0 Å². The topological polar surface area (TPSA) is 65.7 Å². The smallest absolute Gasteiger partial charge is 0.160 e. The lowest BCUT2D eigenvalue weighted by atomic mass is 10.00. The molecule has 1 aliphatic heterocycles. The Balaban J connectivity index is 1.33. The first kappa shape index (κ1) is 22.6. The number of hydrogen-bond donors (Lipinski definition) is 2. The number of para-hydroxylation sites is 1. The van der Waals surface area contributed by atoms with Crippen LogP contribution in [0.15, 0.2) is 59.6 Å². The molecule has 1 aliphatic rings. The zero-order valence-electron chi connectivity index (χ0n) is 18.7. The molecule has 6 nitrogen and oxygen atoms in total. The largest absolute Gasteiger partial charge is 0.507 e. The van der Waals surface area contributed by atoms with Crippen LogP contribution in [0.1, 0.15) is 18.4 Å². The molecule has 0 aliphatic carbocycles. The van der Waals surface area contributed by atoms with E-state index in [1.807, 2.05) is 25.1 Å². The van der Waals surface area contributed by atoms with E-state index in [9.17, 15) is 13.9 Å². The Hall–Kier alpha value is -3.17. The predicted octanol–water partition coefficient (Wildman–Crippen LogP) is 5.52. The predicted molar refractivity (Wildman–Crippen MR) is 130 cm³/mol. The maximum atomic E-state index is 14.1. The number of anilines is 1. The molecule has 0 amide bonds. The molecule has 9 heteroatoms. The summed E-state index contributed by atoms with van der Waals surface area (Å²) in [4.78, 5) is 5.16. The monoisotopic (exact) mass is 481 g/mol. The Labute approximate surface area is 200 Å². The van der Waals surface area contributed by atoms with Gasteiger partial charge >= 0.3 is 0 Å². The highest BCUT2D eigenvalue weighted by Crippen LogP contribution is 2.32. The van der Waals surface area contributed by atoms with Gasteiger partial charge in [-0.15, -0.1) is 0 Å². The van der Waals surface area contributed by atoms with Crippen molar-refractivity contribution in [1.29, 1.82) is 0 Å². The standard InChI is InChI=1S/C25H25F2N5OS/c1-16-13-29-32-24(12-21(30-25(16)32)19-6-2-3-7-22(19)33)28-14-17-5-4-10-31(15-17)34-23-9-8-18(26)11-20(23)27/h2-3,6-9,11-13,17,28,33H,4-5,10,14-15H2,1H3. The summed E-state index contributed by atoms with van der Waals surface area (Å²) in [5, 5.41) is 18.3. The fourth-order valence-corrected chi connectivity index (χ4v) is 5.30. The van der Waals surface area contributed by atoms with Crippen LogP contribution in [0.25, 0.3) is 16.9 Å². The zero-order chi connectivity index (χ0) is 23.7. The van der Waals surface area contributed by atoms with E-state index in [1.165, 1.54) is 24.1 Å². The molecule has 5 rings (SSSR count). The van der Waals surface area contributed by atoms with E-state index < -0.39 is 11.6 Å². The van der Waals surface area contributed by atoms with Crippen LogP contribution in [-0.2, 0) is 0 Å². The molecule has 176 valence electrons. The molecule has 1 saturated heterocycles. The molecule has 3 heterocycles. The van der Waals surface area contributed by atoms with Gasteiger partial charge in [0, 0.05) is 42.9 Å². The number of phenols is 1. The second kappa shape index (κ2) is 9.60. The molecule has 0 bridgehead atoms. The van der Waals surface area contributed by atoms with Gasteiger partial charge in [-0.1, -0.05) is 12.1 Å². The van der Waals surface area contributed by atoms with Gasteiger partial charge in [0.15, 0.2) is 5.65 Å². The van der Waals surface area contributed by atoms with E-state index in [2.05, 4.69) is 14.7 Å². The van der Waals surface area contributed by atoms with E-state index in [0.717, 1.165) is 49.0 Å². The Kier molecular flexibility index (Phi) is 6.38. The van der Waals surface area contributed by atoms with Crippen LogP contribution in [-0.4, -0.2) is 43.6 Å². The number of aryl methyl sites for hydroxylation is 1. The third kappa shape index (κ3) is 4.71. The Morgan fingerprint density at radius 1 is 1.18 bits per heavy atom. The van der Waals surface area contributed by atoms with Crippen molar-refractivity contribution in [2.45, 2.75) is 24.7 Å². The summed E-state index contributed by atoms with van der Waals surface area (Å²) in [5.41, 5.74) is 3.01. The van der Waals surface area contributed by atoms with Crippen molar-refractivity contribution in [2.75, 3.05) is 25.0 Å². The number of benzene rings is 2. The molecule has 4 aromatic rings. The summed E-state index contributed by atoms with van der Waals surface area (Å²) in [6.45, 7) is 4.31. The number of aromatic hydroxyl groups is 1. The highest BCUT2D eigenvalue weighted by molar-refractivity contribution is 7.97. The zero-order valence-corrected chi connectivity index (χ0v) is 19.5. The lowest BCUT2D eigenvalue weighted by Gasteiger charge is -2.32. The average molecular weight is 482 g/mol. The van der Waals surface area contributed by atoms with Crippen LogP contribution in [0, 0.1) is 24.5 Å². The summed E-state index contributed by atoms with van der Waals surface area (Å²) in [7, 11) is 0. The second-order valence-electron chi connectivity index (χ2n) is 8.55. The van der Waals surface area contributed by atoms with Crippen molar-refractivity contribution in [3.05, 3.63) is 71.9 Å². The molecule has 1 fully saturated rings. The van der Waals surface area contributed by atoms with E-state index in [-0.39, 0.29) is 5.75 Å². The quantitative estimate of drug-likeness (QED) is 0.354. The van der Waals surface area contributed by atoms with Gasteiger partial charge in [-0.3, -0.25) is 0 Å². The number of nitrogens with one attached hydrogen (secondary N) is 1. The number of piperidine rings is 1. The second-order valence-corrected chi connectivity index (χ2v) is 9.69. The number of phenolic OH excluding ortho intramolecular Hbond substituents is 1. The highest BCUT2D eigenvalue weighted by Gasteiger charge is 2.22. The van der Waals surface area contributed by atoms with Crippen molar-refractivity contribution >= 4 is 23.4 Å². The molecular weight excluding hydrogens is 456 g/mol. The Morgan fingerprint density at radius 3 is 2.85 bits per heavy atom. The van der Waals surface area contributed by atoms with Crippen LogP contribution >= 0.6 is 11.9 Å². The molecule has 2 N–H and O–H groups in total. The van der Waals surface area contributed by atoms with Crippen LogP contribution in [0.5, 0.6) is 5.75 Å². The van der Waals surface area contributed by atoms with Gasteiger partial charge < -0.3 is 10.4 Å². The summed E-state index contributed by atoms with van der Waals surface area (Å²) in [6.07, 6.45) is 3.82. The molecule has 2 aromatic carbocycles. The van der Waals surface area contributed by atoms with Gasteiger partial charge in [0.05, 0.1) is 16.8 Å². The Bertz CT molecular complexity index is 1330. The molecule has 34 heavy (non-hydrogen) atoms. The first-order valence-corrected chi connectivity index (χ1v) is 12.0. The number of rotatable bonds is 6. The summed E-state index contributed by atoms with van der Waals surface area (Å²) in [6, 6.07) is 12.7. The minimum absolute atomic E-state index is 0.176. The molecule has 0 spiro atoms. The van der Waals surface area contributed by atoms with Crippen LogP contribution < -0.4 is 5.32 Å². The van der Waals surface area contributed by atoms with Gasteiger partial charge in [0.1, 0.15) is 23.2 Å². The van der Waals surface area contributed by atoms with E-state index in [1.54, 1.807) is 22.8 Å². The Morgan fingerprint density at radius 2 is 2.03 bits per heavy atom. The molecule has 0 saturated carbocycles. The molecule has 0 radical (unpaired) electrons. The molecule has 2 aromatic heterocycles. The van der Waals surface area contributed by atoms with E-state index in [0.29, 0.717) is 28.6 Å². The van der Waals surface area contributed by atoms with Crippen LogP contribution in [0.2, 0.25) is 0 Å². The third-order valence-electron chi connectivity index (χ3n) is 6.00. The first-order chi connectivity index (χ1) is 16.5. The minimum Gasteiger partial charge on any atom is -0.507 e. The summed E-state index contributed by atoms with van der Waals surface area (Å²) < 4.78 is 31.2. The minimum atomic E-state index is -0.566. The first-order valence-electron chi connectivity index (χ1n) is 11.2. The maximum absolute atomic E-state index is 14.1. The third-order valence-corrected chi connectivity index (χ3v) is 7.12. The molecular formula is C25H25F2N5OS. The number of fused-ring (bicyclic) bond motifs is 1. The van der Waals surface area contributed by atoms with Gasteiger partial charge in [0.25, 0.3) is 0 Å². The normalized spacial score (nSPS) is 16.7. The fraction of sp³-hybridized carbons (Fsp3) is 0.280. The average Bonchev–Trinajstić information content (AvgIpc) is 3.21. The number of nitrogens with zero attached hydrogens (tertiary/aromatic N) is 4. The highest BCUT2D eigenvalue weighted by atomic mass is 32.2. The van der Waals surface area contributed by atoms with Crippen molar-refractivity contribution in [3.8, 4) is 17.0 Å². The maximum Gasteiger partial charge on any atom is 0.160 e. The van der Waals surface area contributed by atoms with Crippen LogP contribution in [0.4, 0.5) is 14.6 Å². The summed E-state index contributed by atoms with van der Waals surface area (Å²) in [5.74, 6) is 0.220. The molecule has 1 atom stereocenters. The van der Waals surface area contributed by atoms with E-state index in [4.69, 9.17) is 4.98 Å². The van der Waals surface area contributed by atoms with Crippen molar-refractivity contribution in [1.82, 2.24) is 18.9 Å². The van der Waals surface area contributed by atoms with Crippen LogP contribution in [0.3, 0.4) is 0 Å². The van der Waals surface area contributed by atoms with Crippen molar-refractivity contribution in [3.63, 3.8) is 0 Å². The van der Waals surface area contributed by atoms with Crippen molar-refractivity contribution in [2.24, 2.45) is 5.92 Å². The van der Waals surface area contributed by atoms with Crippen molar-refractivity contribution < 1.29 is 13.9 Å². The number of hydrogen-bond acceptors (Lipinski definition) is 6. The SMILES string of the molecule is Cc1cnn2c(NCC3CCCN(Sc4ccc(F)cc4F)C3)cc(-c3ccccc3O)nc12. The van der Waals surface area contributed by atoms with Gasteiger partial charge in [-0.05, 0) is 61.9 Å². The summed E-state index contributed by atoms with van der Waals surface area (Å²) >= 11 is 1.34. The number of halogens is 2. The lowest BCUT2D eigenvalue weighted by Crippen LogP contribution is -2.34. The number of aromatic nitrogens is 3. The lowest BCUT2D eigenvalue weighted by molar-refractivity contribution is 0.294. The van der Waals surface area contributed by atoms with Gasteiger partial charge in [-0.2, -0.15) is 9.61 Å². The molecule has 1 unspecified atom stereocenters.